The smallest absolute Gasteiger partial charge is 0.227 e. The van der Waals surface area contributed by atoms with Crippen LogP contribution in [0.2, 0.25) is 0 Å². The zero-order valence-corrected chi connectivity index (χ0v) is 16.0. The van der Waals surface area contributed by atoms with Crippen molar-refractivity contribution >= 4 is 17.4 Å². The summed E-state index contributed by atoms with van der Waals surface area (Å²) >= 11 is 0. The zero-order chi connectivity index (χ0) is 19.3. The summed E-state index contributed by atoms with van der Waals surface area (Å²) in [5, 5.41) is 3.08. The van der Waals surface area contributed by atoms with Crippen molar-refractivity contribution in [3.63, 3.8) is 0 Å². The number of aryl methyl sites for hydroxylation is 1. The molecule has 5 heteroatoms. The summed E-state index contributed by atoms with van der Waals surface area (Å²) in [5.41, 5.74) is 3.99. The van der Waals surface area contributed by atoms with Gasteiger partial charge in [0.2, 0.25) is 5.91 Å². The fourth-order valence-electron chi connectivity index (χ4n) is 3.61. The van der Waals surface area contributed by atoms with Gasteiger partial charge in [0, 0.05) is 36.3 Å². The van der Waals surface area contributed by atoms with Gasteiger partial charge in [-0.25, -0.2) is 9.97 Å². The number of aromatic nitrogens is 2. The molecule has 1 N–H and O–H groups in total. The number of rotatable bonds is 4. The number of carbonyl (C=O) groups excluding carboxylic acids is 1. The van der Waals surface area contributed by atoms with Crippen molar-refractivity contribution in [2.45, 2.75) is 19.8 Å². The molecule has 1 amide bonds. The Morgan fingerprint density at radius 1 is 1.00 bits per heavy atom. The molecule has 0 radical (unpaired) electrons. The summed E-state index contributed by atoms with van der Waals surface area (Å²) in [4.78, 5) is 23.7. The number of piperidine rings is 1. The third-order valence-corrected chi connectivity index (χ3v) is 5.31. The van der Waals surface area contributed by atoms with Crippen LogP contribution in [0.4, 0.5) is 11.5 Å². The molecule has 4 rings (SSSR count). The molecule has 1 aliphatic heterocycles. The lowest BCUT2D eigenvalue weighted by atomic mass is 9.95. The van der Waals surface area contributed by atoms with Crippen molar-refractivity contribution < 1.29 is 4.79 Å². The predicted molar refractivity (Wildman–Crippen MR) is 112 cm³/mol. The summed E-state index contributed by atoms with van der Waals surface area (Å²) < 4.78 is 0. The number of nitrogens with one attached hydrogen (secondary N) is 1. The van der Waals surface area contributed by atoms with Crippen LogP contribution in [-0.4, -0.2) is 29.0 Å². The molecule has 0 saturated carbocycles. The van der Waals surface area contributed by atoms with Crippen molar-refractivity contribution in [1.82, 2.24) is 9.97 Å². The van der Waals surface area contributed by atoms with E-state index in [9.17, 15) is 4.79 Å². The summed E-state index contributed by atoms with van der Waals surface area (Å²) in [5.74, 6) is 1.07. The summed E-state index contributed by atoms with van der Waals surface area (Å²) in [6.07, 6.45) is 3.26. The van der Waals surface area contributed by atoms with E-state index in [1.807, 2.05) is 67.6 Å². The third kappa shape index (κ3) is 4.03. The van der Waals surface area contributed by atoms with Crippen molar-refractivity contribution in [2.24, 2.45) is 5.92 Å². The lowest BCUT2D eigenvalue weighted by Gasteiger charge is -2.32. The van der Waals surface area contributed by atoms with E-state index < -0.39 is 0 Å². The fourth-order valence-corrected chi connectivity index (χ4v) is 3.61. The first-order chi connectivity index (χ1) is 13.7. The molecule has 1 saturated heterocycles. The molecule has 5 nitrogen and oxygen atoms in total. The van der Waals surface area contributed by atoms with Crippen LogP contribution in [0.1, 0.15) is 18.4 Å². The molecular formula is C23H24N4O. The van der Waals surface area contributed by atoms with E-state index in [0.29, 0.717) is 0 Å². The predicted octanol–water partition coefficient (Wildman–Crippen LogP) is 4.31. The van der Waals surface area contributed by atoms with Crippen LogP contribution in [0.5, 0.6) is 0 Å². The van der Waals surface area contributed by atoms with Crippen molar-refractivity contribution in [1.29, 1.82) is 0 Å². The molecule has 0 bridgehead atoms. The van der Waals surface area contributed by atoms with Crippen molar-refractivity contribution in [3.05, 3.63) is 72.6 Å². The Labute approximate surface area is 165 Å². The molecule has 2 heterocycles. The second kappa shape index (κ2) is 8.21. The third-order valence-electron chi connectivity index (χ3n) is 5.31. The Bertz CT molecular complexity index is 950. The van der Waals surface area contributed by atoms with Gasteiger partial charge >= 0.3 is 0 Å². The SMILES string of the molecule is Cc1ccccc1NC(=O)C1CCN(c2cc(-c3ccccc3)ncn2)CC1. The Hall–Kier alpha value is -3.21. The summed E-state index contributed by atoms with van der Waals surface area (Å²) in [6.45, 7) is 3.64. The van der Waals surface area contributed by atoms with E-state index in [1.54, 1.807) is 6.33 Å². The lowest BCUT2D eigenvalue weighted by molar-refractivity contribution is -0.120. The molecule has 1 fully saturated rings. The average molecular weight is 372 g/mol. The van der Waals surface area contributed by atoms with Crippen molar-refractivity contribution in [3.8, 4) is 11.3 Å². The Morgan fingerprint density at radius 3 is 2.46 bits per heavy atom. The topological polar surface area (TPSA) is 58.1 Å². The minimum Gasteiger partial charge on any atom is -0.356 e. The molecule has 3 aromatic rings. The van der Waals surface area contributed by atoms with E-state index in [2.05, 4.69) is 20.2 Å². The maximum Gasteiger partial charge on any atom is 0.227 e. The van der Waals surface area contributed by atoms with Crippen LogP contribution < -0.4 is 10.2 Å². The van der Waals surface area contributed by atoms with Gasteiger partial charge in [-0.2, -0.15) is 0 Å². The highest BCUT2D eigenvalue weighted by Crippen LogP contribution is 2.26. The zero-order valence-electron chi connectivity index (χ0n) is 16.0. The van der Waals surface area contributed by atoms with Crippen LogP contribution in [0.3, 0.4) is 0 Å². The second-order valence-corrected chi connectivity index (χ2v) is 7.19. The quantitative estimate of drug-likeness (QED) is 0.741. The largest absolute Gasteiger partial charge is 0.356 e. The van der Waals surface area contributed by atoms with E-state index in [0.717, 1.165) is 54.3 Å². The minimum atomic E-state index is 0.0336. The van der Waals surface area contributed by atoms with Crippen LogP contribution in [-0.2, 0) is 4.79 Å². The highest BCUT2D eigenvalue weighted by atomic mass is 16.1. The van der Waals surface area contributed by atoms with E-state index in [1.165, 1.54) is 0 Å². The molecule has 0 unspecified atom stereocenters. The number of anilines is 2. The van der Waals surface area contributed by atoms with E-state index >= 15 is 0 Å². The number of nitrogens with zero attached hydrogens (tertiary/aromatic N) is 3. The molecule has 0 spiro atoms. The van der Waals surface area contributed by atoms with Crippen molar-refractivity contribution in [2.75, 3.05) is 23.3 Å². The number of hydrogen-bond acceptors (Lipinski definition) is 4. The number of hydrogen-bond donors (Lipinski definition) is 1. The molecule has 2 aromatic carbocycles. The number of carbonyl (C=O) groups is 1. The van der Waals surface area contributed by atoms with Gasteiger partial charge in [0.05, 0.1) is 5.69 Å². The summed E-state index contributed by atoms with van der Waals surface area (Å²) in [6, 6.07) is 20.0. The van der Waals surface area contributed by atoms with Crippen LogP contribution in [0, 0.1) is 12.8 Å². The Balaban J connectivity index is 1.39. The molecule has 0 atom stereocenters. The van der Waals surface area contributed by atoms with Gasteiger partial charge in [0.25, 0.3) is 0 Å². The number of para-hydroxylation sites is 1. The molecule has 28 heavy (non-hydrogen) atoms. The molecule has 1 aromatic heterocycles. The second-order valence-electron chi connectivity index (χ2n) is 7.19. The average Bonchev–Trinajstić information content (AvgIpc) is 2.76. The fraction of sp³-hybridized carbons (Fsp3) is 0.261. The van der Waals surface area contributed by atoms with Gasteiger partial charge in [0.1, 0.15) is 12.1 Å². The van der Waals surface area contributed by atoms with E-state index in [4.69, 9.17) is 0 Å². The molecule has 1 aliphatic rings. The normalized spacial score (nSPS) is 14.7. The first-order valence-corrected chi connectivity index (χ1v) is 9.69. The molecular weight excluding hydrogens is 348 g/mol. The molecule has 0 aliphatic carbocycles. The van der Waals surface area contributed by atoms with Crippen LogP contribution in [0.15, 0.2) is 67.0 Å². The Kier molecular flexibility index (Phi) is 5.33. The first kappa shape index (κ1) is 18.2. The molecule has 142 valence electrons. The minimum absolute atomic E-state index is 0.0336. The highest BCUT2D eigenvalue weighted by molar-refractivity contribution is 5.93. The summed E-state index contributed by atoms with van der Waals surface area (Å²) in [7, 11) is 0. The number of benzene rings is 2. The highest BCUT2D eigenvalue weighted by Gasteiger charge is 2.26. The van der Waals surface area contributed by atoms with Gasteiger partial charge in [-0.3, -0.25) is 4.79 Å². The van der Waals surface area contributed by atoms with Gasteiger partial charge in [-0.05, 0) is 31.4 Å². The first-order valence-electron chi connectivity index (χ1n) is 9.69. The number of amides is 1. The lowest BCUT2D eigenvalue weighted by Crippen LogP contribution is -2.38. The van der Waals surface area contributed by atoms with Gasteiger partial charge < -0.3 is 10.2 Å². The standard InChI is InChI=1S/C23H24N4O/c1-17-7-5-6-10-20(17)26-23(28)19-11-13-27(14-12-19)22-15-21(24-16-25-22)18-8-3-2-4-9-18/h2-10,15-16,19H,11-14H2,1H3,(H,26,28). The van der Waals surface area contributed by atoms with Gasteiger partial charge in [-0.15, -0.1) is 0 Å². The van der Waals surface area contributed by atoms with Gasteiger partial charge in [-0.1, -0.05) is 48.5 Å². The van der Waals surface area contributed by atoms with Crippen LogP contribution in [0.25, 0.3) is 11.3 Å². The Morgan fingerprint density at radius 2 is 1.71 bits per heavy atom. The maximum absolute atomic E-state index is 12.6. The van der Waals surface area contributed by atoms with Gasteiger partial charge in [0.15, 0.2) is 0 Å². The monoisotopic (exact) mass is 372 g/mol. The van der Waals surface area contributed by atoms with Crippen LogP contribution >= 0.6 is 0 Å². The van der Waals surface area contributed by atoms with E-state index in [-0.39, 0.29) is 11.8 Å². The maximum atomic E-state index is 12.6.